The largest absolute Gasteiger partial charge is 0.504 e. The van der Waals surface area contributed by atoms with E-state index in [-0.39, 0.29) is 39.8 Å². The predicted molar refractivity (Wildman–Crippen MR) is 96.1 cm³/mol. The van der Waals surface area contributed by atoms with E-state index in [1.165, 1.54) is 18.2 Å². The van der Waals surface area contributed by atoms with Crippen LogP contribution in [0.25, 0.3) is 0 Å². The van der Waals surface area contributed by atoms with Crippen molar-refractivity contribution in [3.8, 4) is 11.8 Å². The Kier molecular flexibility index (Phi) is 6.43. The van der Waals surface area contributed by atoms with E-state index in [0.717, 1.165) is 0 Å². The zero-order valence-corrected chi connectivity index (χ0v) is 15.4. The van der Waals surface area contributed by atoms with Gasteiger partial charge in [0.1, 0.15) is 11.8 Å². The number of pyridine rings is 1. The van der Waals surface area contributed by atoms with Gasteiger partial charge in [-0.2, -0.15) is 5.26 Å². The van der Waals surface area contributed by atoms with Crippen LogP contribution in [0.4, 0.5) is 0 Å². The zero-order valence-electron chi connectivity index (χ0n) is 13.1. The van der Waals surface area contributed by atoms with Crippen molar-refractivity contribution in [2.24, 2.45) is 0 Å². The maximum absolute atomic E-state index is 12.2. The molecular formula is C17H11Cl3N2O4. The number of aromatic nitrogens is 1. The second kappa shape index (κ2) is 8.37. The fourth-order valence-corrected chi connectivity index (χ4v) is 3.17. The van der Waals surface area contributed by atoms with Gasteiger partial charge < -0.3 is 10.2 Å². The van der Waals surface area contributed by atoms with Gasteiger partial charge in [0.25, 0.3) is 0 Å². The number of ketones is 1. The van der Waals surface area contributed by atoms with E-state index in [4.69, 9.17) is 45.2 Å². The first-order valence-corrected chi connectivity index (χ1v) is 8.37. The molecule has 0 aliphatic carbocycles. The molecule has 0 saturated heterocycles. The molecule has 2 rings (SSSR count). The highest BCUT2D eigenvalue weighted by molar-refractivity contribution is 6.39. The van der Waals surface area contributed by atoms with Crippen molar-refractivity contribution in [3.05, 3.63) is 55.8 Å². The number of nitrogens with zero attached hydrogens (tertiary/aromatic N) is 2. The minimum absolute atomic E-state index is 0.0863. The third-order valence-electron chi connectivity index (χ3n) is 3.46. The first kappa shape index (κ1) is 20.0. The number of aromatic hydroxyl groups is 1. The Balaban J connectivity index is 2.44. The number of carbonyl (C=O) groups excluding carboxylic acids is 1. The minimum atomic E-state index is -1.16. The molecule has 0 saturated carbocycles. The summed E-state index contributed by atoms with van der Waals surface area (Å²) >= 11 is 18.1. The van der Waals surface area contributed by atoms with E-state index in [0.29, 0.717) is 10.6 Å². The monoisotopic (exact) mass is 412 g/mol. The summed E-state index contributed by atoms with van der Waals surface area (Å²) in [7, 11) is 0. The third kappa shape index (κ3) is 4.64. The number of rotatable bonds is 6. The fraction of sp³-hybridized carbons (Fsp3) is 0.176. The Bertz CT molecular complexity index is 915. The van der Waals surface area contributed by atoms with Crippen LogP contribution in [0.15, 0.2) is 18.2 Å². The van der Waals surface area contributed by atoms with E-state index in [2.05, 4.69) is 4.98 Å². The van der Waals surface area contributed by atoms with Crippen LogP contribution in [-0.4, -0.2) is 26.9 Å². The van der Waals surface area contributed by atoms with Gasteiger partial charge in [-0.3, -0.25) is 9.59 Å². The Hall–Kier alpha value is -2.33. The number of benzene rings is 1. The van der Waals surface area contributed by atoms with Crippen molar-refractivity contribution in [3.63, 3.8) is 0 Å². The zero-order chi connectivity index (χ0) is 19.4. The van der Waals surface area contributed by atoms with Crippen molar-refractivity contribution in [2.45, 2.75) is 19.3 Å². The van der Waals surface area contributed by atoms with Gasteiger partial charge in [-0.05, 0) is 23.8 Å². The lowest BCUT2D eigenvalue weighted by molar-refractivity contribution is -0.136. The highest BCUT2D eigenvalue weighted by atomic mass is 35.5. The first-order chi connectivity index (χ1) is 12.2. The van der Waals surface area contributed by atoms with Crippen LogP contribution in [0.5, 0.6) is 5.75 Å². The average molecular weight is 414 g/mol. The lowest BCUT2D eigenvalue weighted by Gasteiger charge is -2.10. The average Bonchev–Trinajstić information content (AvgIpc) is 2.56. The number of carboxylic acids is 1. The summed E-state index contributed by atoms with van der Waals surface area (Å²) in [5, 5.41) is 28.8. The van der Waals surface area contributed by atoms with Crippen LogP contribution in [0.1, 0.15) is 40.2 Å². The van der Waals surface area contributed by atoms with Gasteiger partial charge in [0.05, 0.1) is 12.0 Å². The summed E-state index contributed by atoms with van der Waals surface area (Å²) in [6.07, 6.45) is -0.684. The maximum atomic E-state index is 12.2. The SMILES string of the molecule is N#Cc1cc(Cc2c(Cl)cc(Cl)cc2Cl)nc(C(=O)CCC(=O)O)c1O. The minimum Gasteiger partial charge on any atom is -0.504 e. The standard InChI is InChI=1S/C17H11Cl3N2O4/c18-9-4-12(19)11(13(20)5-9)6-10-3-8(7-21)17(26)16(22-10)14(23)1-2-15(24)25/h3-5,26H,1-2,6H2,(H,24,25). The van der Waals surface area contributed by atoms with E-state index >= 15 is 0 Å². The summed E-state index contributed by atoms with van der Waals surface area (Å²) in [6, 6.07) is 6.07. The molecule has 0 aliphatic heterocycles. The molecule has 0 fully saturated rings. The van der Waals surface area contributed by atoms with E-state index in [1.807, 2.05) is 0 Å². The molecular weight excluding hydrogens is 403 g/mol. The van der Waals surface area contributed by atoms with Crippen molar-refractivity contribution >= 4 is 46.6 Å². The second-order valence-electron chi connectivity index (χ2n) is 5.31. The molecule has 2 aromatic rings. The number of halogens is 3. The molecule has 0 aliphatic rings. The molecule has 1 aromatic carbocycles. The molecule has 0 bridgehead atoms. The molecule has 0 amide bonds. The van der Waals surface area contributed by atoms with Gasteiger partial charge in [-0.15, -0.1) is 0 Å². The second-order valence-corrected chi connectivity index (χ2v) is 6.56. The Morgan fingerprint density at radius 3 is 2.27 bits per heavy atom. The van der Waals surface area contributed by atoms with Crippen LogP contribution in [-0.2, 0) is 11.2 Å². The number of carboxylic acid groups (broad SMARTS) is 1. The van der Waals surface area contributed by atoms with Gasteiger partial charge in [0.2, 0.25) is 0 Å². The molecule has 2 N–H and O–H groups in total. The Morgan fingerprint density at radius 2 is 1.73 bits per heavy atom. The van der Waals surface area contributed by atoms with Crippen molar-refractivity contribution < 1.29 is 19.8 Å². The van der Waals surface area contributed by atoms with Crippen molar-refractivity contribution in [1.29, 1.82) is 5.26 Å². The highest BCUT2D eigenvalue weighted by Crippen LogP contribution is 2.32. The number of aliphatic carboxylic acids is 1. The quantitative estimate of drug-likeness (QED) is 0.685. The molecule has 134 valence electrons. The Labute approximate surface area is 163 Å². The molecule has 0 radical (unpaired) electrons. The van der Waals surface area contributed by atoms with E-state index in [9.17, 15) is 14.7 Å². The van der Waals surface area contributed by atoms with Crippen LogP contribution >= 0.6 is 34.8 Å². The number of hydrogen-bond donors (Lipinski definition) is 2. The third-order valence-corrected chi connectivity index (χ3v) is 4.35. The van der Waals surface area contributed by atoms with Crippen LogP contribution in [0, 0.1) is 11.3 Å². The van der Waals surface area contributed by atoms with Gasteiger partial charge in [0.15, 0.2) is 11.5 Å². The van der Waals surface area contributed by atoms with Gasteiger partial charge in [-0.1, -0.05) is 34.8 Å². The summed E-state index contributed by atoms with van der Waals surface area (Å²) in [4.78, 5) is 26.8. The van der Waals surface area contributed by atoms with Gasteiger partial charge in [0, 0.05) is 33.6 Å². The fourth-order valence-electron chi connectivity index (χ4n) is 2.22. The normalized spacial score (nSPS) is 10.4. The van der Waals surface area contributed by atoms with Gasteiger partial charge in [-0.25, -0.2) is 4.98 Å². The molecule has 0 atom stereocenters. The summed E-state index contributed by atoms with van der Waals surface area (Å²) in [5.74, 6) is -2.43. The summed E-state index contributed by atoms with van der Waals surface area (Å²) < 4.78 is 0. The van der Waals surface area contributed by atoms with E-state index in [1.54, 1.807) is 6.07 Å². The molecule has 26 heavy (non-hydrogen) atoms. The summed E-state index contributed by atoms with van der Waals surface area (Å²) in [6.45, 7) is 0. The number of Topliss-reactive ketones (excluding diaryl/α,β-unsaturated/α-hetero) is 1. The van der Waals surface area contributed by atoms with Crippen LogP contribution < -0.4 is 0 Å². The van der Waals surface area contributed by atoms with E-state index < -0.39 is 23.9 Å². The molecule has 0 spiro atoms. The Morgan fingerprint density at radius 1 is 1.12 bits per heavy atom. The topological polar surface area (TPSA) is 111 Å². The lowest BCUT2D eigenvalue weighted by atomic mass is 10.0. The van der Waals surface area contributed by atoms with Crippen molar-refractivity contribution in [2.75, 3.05) is 0 Å². The van der Waals surface area contributed by atoms with Gasteiger partial charge >= 0.3 is 5.97 Å². The van der Waals surface area contributed by atoms with Crippen LogP contribution in [0.3, 0.4) is 0 Å². The highest BCUT2D eigenvalue weighted by Gasteiger charge is 2.20. The molecule has 1 aromatic heterocycles. The van der Waals surface area contributed by atoms with Crippen LogP contribution in [0.2, 0.25) is 15.1 Å². The first-order valence-electron chi connectivity index (χ1n) is 7.24. The maximum Gasteiger partial charge on any atom is 0.303 e. The predicted octanol–water partition coefficient (Wildman–Crippen LogP) is 4.26. The molecule has 0 unspecified atom stereocenters. The van der Waals surface area contributed by atoms with Crippen molar-refractivity contribution in [1.82, 2.24) is 4.98 Å². The summed E-state index contributed by atoms with van der Waals surface area (Å²) in [5.41, 5.74) is 0.240. The molecule has 1 heterocycles. The molecule has 9 heteroatoms. The number of carbonyl (C=O) groups is 2. The molecule has 6 nitrogen and oxygen atoms in total. The number of nitriles is 1. The smallest absolute Gasteiger partial charge is 0.303 e. The lowest BCUT2D eigenvalue weighted by Crippen LogP contribution is -2.09. The number of hydrogen-bond acceptors (Lipinski definition) is 5.